The molecule has 6 rings (SSSR count). The largest absolute Gasteiger partial charge is 0.443 e. The van der Waals surface area contributed by atoms with Crippen molar-refractivity contribution in [1.82, 2.24) is 9.13 Å². The molecule has 2 aromatic carbocycles. The Morgan fingerprint density at radius 1 is 0.789 bits per heavy atom. The second-order valence-electron chi connectivity index (χ2n) is 17.1. The standard InChI is InChI=1S/C43H60N2O11Si/c1-30-28-44(40(47)45(38(30)46)41(48)56-42(2,3)4)39-37(36(55-35-23-15-17-25-50-35)33(54-39)29-52-34-22-14-16-24-49-34)51-26-27-53-57(43(5,6)7,31-18-10-8-11-19-31)32-20-12-9-13-21-32/h8-13,18-21,28,33-37,39H,14-17,22-27,29H2,1-7H3/t33-,34?,35?,36-,37+,39-/m1/s1. The first kappa shape index (κ1) is 43.1. The molecule has 57 heavy (non-hydrogen) atoms. The van der Waals surface area contributed by atoms with Gasteiger partial charge in [0.25, 0.3) is 13.9 Å². The van der Waals surface area contributed by atoms with Crippen LogP contribution in [0, 0.1) is 6.92 Å². The van der Waals surface area contributed by atoms with Crippen molar-refractivity contribution in [3.63, 3.8) is 0 Å². The summed E-state index contributed by atoms with van der Waals surface area (Å²) in [6.07, 6.45) is 1.03. The fraction of sp³-hybridized carbons (Fsp3) is 0.605. The molecular formula is C43H60N2O11Si. The van der Waals surface area contributed by atoms with Crippen LogP contribution in [0.15, 0.2) is 76.4 Å². The third kappa shape index (κ3) is 10.0. The lowest BCUT2D eigenvalue weighted by molar-refractivity contribution is -0.225. The Balaban J connectivity index is 1.36. The van der Waals surface area contributed by atoms with Crippen molar-refractivity contribution in [1.29, 1.82) is 0 Å². The second kappa shape index (κ2) is 18.6. The summed E-state index contributed by atoms with van der Waals surface area (Å²) in [5.41, 5.74) is -2.52. The summed E-state index contributed by atoms with van der Waals surface area (Å²) in [6, 6.07) is 20.7. The van der Waals surface area contributed by atoms with Gasteiger partial charge in [-0.3, -0.25) is 9.36 Å². The van der Waals surface area contributed by atoms with Crippen LogP contribution in [0.1, 0.15) is 91.9 Å². The van der Waals surface area contributed by atoms with Gasteiger partial charge in [0.05, 0.1) is 19.8 Å². The molecule has 1 aromatic heterocycles. The van der Waals surface area contributed by atoms with Crippen LogP contribution in [0.25, 0.3) is 0 Å². The minimum atomic E-state index is -2.91. The van der Waals surface area contributed by atoms with Crippen molar-refractivity contribution in [2.75, 3.05) is 33.0 Å². The maximum absolute atomic E-state index is 14.2. The number of hydrogen-bond acceptors (Lipinski definition) is 11. The molecule has 3 aliphatic heterocycles. The minimum Gasteiger partial charge on any atom is -0.443 e. The van der Waals surface area contributed by atoms with Gasteiger partial charge in [-0.15, -0.1) is 0 Å². The Morgan fingerprint density at radius 2 is 1.39 bits per heavy atom. The molecule has 4 heterocycles. The van der Waals surface area contributed by atoms with E-state index in [9.17, 15) is 14.4 Å². The van der Waals surface area contributed by atoms with E-state index in [1.807, 2.05) is 36.4 Å². The molecule has 3 saturated heterocycles. The lowest BCUT2D eigenvalue weighted by Gasteiger charge is -2.43. The first-order chi connectivity index (χ1) is 27.2. The van der Waals surface area contributed by atoms with Crippen LogP contribution in [0.3, 0.4) is 0 Å². The molecule has 0 aliphatic carbocycles. The third-order valence-corrected chi connectivity index (χ3v) is 15.6. The molecule has 0 N–H and O–H groups in total. The number of carbonyl (C=O) groups excluding carboxylic acids is 1. The Kier molecular flexibility index (Phi) is 14.1. The van der Waals surface area contributed by atoms with Crippen molar-refractivity contribution >= 4 is 24.8 Å². The molecule has 2 unspecified atom stereocenters. The molecule has 0 spiro atoms. The normalized spacial score (nSPS) is 24.7. The summed E-state index contributed by atoms with van der Waals surface area (Å²) >= 11 is 0. The van der Waals surface area contributed by atoms with E-state index in [0.29, 0.717) is 24.2 Å². The maximum atomic E-state index is 14.2. The lowest BCUT2D eigenvalue weighted by Crippen LogP contribution is -2.66. The molecule has 14 heteroatoms. The molecule has 3 fully saturated rings. The van der Waals surface area contributed by atoms with Crippen LogP contribution >= 0.6 is 0 Å². The molecule has 3 aliphatic rings. The second-order valence-corrected chi connectivity index (χ2v) is 21.4. The topological polar surface area (TPSA) is 135 Å². The van der Waals surface area contributed by atoms with Crippen LogP contribution < -0.4 is 21.6 Å². The van der Waals surface area contributed by atoms with E-state index in [4.69, 9.17) is 37.6 Å². The van der Waals surface area contributed by atoms with Crippen molar-refractivity contribution in [2.24, 2.45) is 0 Å². The van der Waals surface area contributed by atoms with Gasteiger partial charge >= 0.3 is 11.8 Å². The van der Waals surface area contributed by atoms with Crippen LogP contribution in [0.5, 0.6) is 0 Å². The number of carbonyl (C=O) groups is 1. The van der Waals surface area contributed by atoms with Gasteiger partial charge in [0.15, 0.2) is 18.8 Å². The Hall–Kier alpha value is -3.47. The van der Waals surface area contributed by atoms with Gasteiger partial charge < -0.3 is 37.6 Å². The number of hydrogen-bond donors (Lipinski definition) is 0. The van der Waals surface area contributed by atoms with E-state index in [0.717, 1.165) is 42.5 Å². The van der Waals surface area contributed by atoms with E-state index in [2.05, 4.69) is 45.0 Å². The lowest BCUT2D eigenvalue weighted by atomic mass is 10.1. The van der Waals surface area contributed by atoms with E-state index in [1.54, 1.807) is 20.8 Å². The highest BCUT2D eigenvalue weighted by Gasteiger charge is 2.52. The van der Waals surface area contributed by atoms with Crippen LogP contribution in [-0.4, -0.2) is 93.1 Å². The number of rotatable bonds is 13. The zero-order valence-corrected chi connectivity index (χ0v) is 35.5. The Morgan fingerprint density at radius 3 is 1.93 bits per heavy atom. The third-order valence-electron chi connectivity index (χ3n) is 10.6. The van der Waals surface area contributed by atoms with Gasteiger partial charge in [-0.25, -0.2) is 9.59 Å². The molecule has 3 aromatic rings. The van der Waals surface area contributed by atoms with Crippen molar-refractivity contribution in [3.8, 4) is 0 Å². The maximum Gasteiger partial charge on any atom is 0.425 e. The van der Waals surface area contributed by atoms with Gasteiger partial charge in [-0.05, 0) is 81.6 Å². The number of benzene rings is 2. The highest BCUT2D eigenvalue weighted by atomic mass is 28.4. The zero-order valence-electron chi connectivity index (χ0n) is 34.5. The number of aromatic nitrogens is 2. The summed E-state index contributed by atoms with van der Waals surface area (Å²) in [6.45, 7) is 14.7. The van der Waals surface area contributed by atoms with Crippen molar-refractivity contribution in [2.45, 2.75) is 135 Å². The minimum absolute atomic E-state index is 0.0798. The Labute approximate surface area is 336 Å². The van der Waals surface area contributed by atoms with Crippen LogP contribution in [0.4, 0.5) is 4.79 Å². The van der Waals surface area contributed by atoms with Gasteiger partial charge in [0, 0.05) is 25.0 Å². The number of ether oxygens (including phenoxy) is 7. The van der Waals surface area contributed by atoms with E-state index < -0.39 is 68.4 Å². The van der Waals surface area contributed by atoms with Crippen LogP contribution in [-0.2, 0) is 37.6 Å². The molecule has 0 radical (unpaired) electrons. The first-order valence-corrected chi connectivity index (χ1v) is 22.2. The van der Waals surface area contributed by atoms with Gasteiger partial charge in [0.1, 0.15) is 23.9 Å². The average molecular weight is 809 g/mol. The molecule has 0 saturated carbocycles. The van der Waals surface area contributed by atoms with Crippen molar-refractivity contribution < 1.29 is 42.4 Å². The smallest absolute Gasteiger partial charge is 0.425 e. The zero-order chi connectivity index (χ0) is 40.8. The van der Waals surface area contributed by atoms with E-state index in [-0.39, 0.29) is 30.4 Å². The fourth-order valence-corrected chi connectivity index (χ4v) is 12.5. The summed E-state index contributed by atoms with van der Waals surface area (Å²) < 4.78 is 52.7. The molecular weight excluding hydrogens is 749 g/mol. The summed E-state index contributed by atoms with van der Waals surface area (Å²) in [5.74, 6) is 0. The van der Waals surface area contributed by atoms with Gasteiger partial charge in [-0.1, -0.05) is 81.4 Å². The van der Waals surface area contributed by atoms with Gasteiger partial charge in [-0.2, -0.15) is 4.57 Å². The summed E-state index contributed by atoms with van der Waals surface area (Å²) in [4.78, 5) is 41.0. The van der Waals surface area contributed by atoms with E-state index in [1.165, 1.54) is 17.7 Å². The SMILES string of the molecule is Cc1cn([C@@H]2O[C@H](COC3CCCCO3)[C@@H](OC3CCCCO3)[C@@H]2OCCO[Si](c2ccccc2)(c2ccccc2)C(C)(C)C)c(=O)n(C(=O)OC(C)(C)C)c1=O. The monoisotopic (exact) mass is 808 g/mol. The quantitative estimate of drug-likeness (QED) is 0.162. The highest BCUT2D eigenvalue weighted by molar-refractivity contribution is 6.99. The summed E-state index contributed by atoms with van der Waals surface area (Å²) in [5, 5.41) is 2.01. The number of nitrogens with zero attached hydrogens (tertiary/aromatic N) is 2. The molecule has 6 atom stereocenters. The fourth-order valence-electron chi connectivity index (χ4n) is 7.94. The summed E-state index contributed by atoms with van der Waals surface area (Å²) in [7, 11) is -2.91. The van der Waals surface area contributed by atoms with Crippen LogP contribution in [0.2, 0.25) is 5.04 Å². The molecule has 13 nitrogen and oxygen atoms in total. The van der Waals surface area contributed by atoms with E-state index >= 15 is 0 Å². The van der Waals surface area contributed by atoms with Crippen molar-refractivity contribution in [3.05, 3.63) is 93.3 Å². The average Bonchev–Trinajstić information content (AvgIpc) is 3.51. The molecule has 0 bridgehead atoms. The highest BCUT2D eigenvalue weighted by Crippen LogP contribution is 2.38. The number of aryl methyl sites for hydroxylation is 1. The van der Waals surface area contributed by atoms with Gasteiger partial charge in [0.2, 0.25) is 0 Å². The predicted octanol–water partition coefficient (Wildman–Crippen LogP) is 5.42. The molecule has 312 valence electrons. The predicted molar refractivity (Wildman–Crippen MR) is 217 cm³/mol. The first-order valence-electron chi connectivity index (χ1n) is 20.3. The Bertz CT molecular complexity index is 1840. The molecule has 0 amide bonds.